The quantitative estimate of drug-likeness (QED) is 0.678. The molecule has 0 aliphatic rings. The van der Waals surface area contributed by atoms with E-state index in [0.29, 0.717) is 32.0 Å². The number of nitrogens with zero attached hydrogens (tertiary/aromatic N) is 2. The molecule has 0 spiro atoms. The van der Waals surface area contributed by atoms with Gasteiger partial charge in [-0.05, 0) is 18.6 Å². The third-order valence-corrected chi connectivity index (χ3v) is 2.67. The lowest BCUT2D eigenvalue weighted by molar-refractivity contribution is 0.0696. The molecule has 0 unspecified atom stereocenters. The summed E-state index contributed by atoms with van der Waals surface area (Å²) in [5.74, 6) is -0.340. The van der Waals surface area contributed by atoms with Crippen LogP contribution in [0.25, 0.3) is 0 Å². The fourth-order valence-corrected chi connectivity index (χ4v) is 1.55. The molecule has 0 saturated heterocycles. The molecule has 0 aliphatic heterocycles. The van der Waals surface area contributed by atoms with Crippen molar-refractivity contribution in [3.63, 3.8) is 0 Å². The van der Waals surface area contributed by atoms with Crippen LogP contribution in [0.5, 0.6) is 0 Å². The third-order valence-electron chi connectivity index (χ3n) is 2.67. The smallest absolute Gasteiger partial charge is 0.335 e. The van der Waals surface area contributed by atoms with Crippen molar-refractivity contribution in [2.75, 3.05) is 38.3 Å². The highest BCUT2D eigenvalue weighted by atomic mass is 16.5. The van der Waals surface area contributed by atoms with E-state index in [1.807, 2.05) is 18.9 Å². The average molecular weight is 268 g/mol. The standard InChI is InChI=1S/C13H20N2O4/c1-3-11-8-10(13(17)18)9-12(14-11)15(2)4-6-19-7-5-16/h8-9,16H,3-7H2,1-2H3,(H,17,18). The van der Waals surface area contributed by atoms with Gasteiger partial charge in [0.25, 0.3) is 0 Å². The molecule has 2 N–H and O–H groups in total. The summed E-state index contributed by atoms with van der Waals surface area (Å²) in [6.07, 6.45) is 0.684. The van der Waals surface area contributed by atoms with Crippen molar-refractivity contribution in [2.24, 2.45) is 0 Å². The summed E-state index contributed by atoms with van der Waals surface area (Å²) in [7, 11) is 1.83. The second-order valence-corrected chi connectivity index (χ2v) is 4.12. The molecule has 1 aromatic heterocycles. The number of hydrogen-bond donors (Lipinski definition) is 2. The predicted molar refractivity (Wildman–Crippen MR) is 71.7 cm³/mol. The number of aromatic nitrogens is 1. The Morgan fingerprint density at radius 2 is 2.16 bits per heavy atom. The molecular formula is C13H20N2O4. The largest absolute Gasteiger partial charge is 0.478 e. The van der Waals surface area contributed by atoms with Crippen molar-refractivity contribution >= 4 is 11.8 Å². The summed E-state index contributed by atoms with van der Waals surface area (Å²) >= 11 is 0. The van der Waals surface area contributed by atoms with Gasteiger partial charge in [0.2, 0.25) is 0 Å². The molecule has 0 amide bonds. The average Bonchev–Trinajstić information content (AvgIpc) is 2.42. The monoisotopic (exact) mass is 268 g/mol. The Balaban J connectivity index is 2.74. The van der Waals surface area contributed by atoms with Gasteiger partial charge in [-0.3, -0.25) is 0 Å². The van der Waals surface area contributed by atoms with Crippen molar-refractivity contribution < 1.29 is 19.7 Å². The van der Waals surface area contributed by atoms with E-state index >= 15 is 0 Å². The summed E-state index contributed by atoms with van der Waals surface area (Å²) in [5.41, 5.74) is 0.989. The Morgan fingerprint density at radius 1 is 1.42 bits per heavy atom. The number of aryl methyl sites for hydroxylation is 1. The number of anilines is 1. The molecule has 0 aliphatic carbocycles. The van der Waals surface area contributed by atoms with Crippen LogP contribution in [-0.4, -0.2) is 54.6 Å². The van der Waals surface area contributed by atoms with E-state index in [-0.39, 0.29) is 12.2 Å². The predicted octanol–water partition coefficient (Wildman–Crippen LogP) is 0.787. The first-order valence-corrected chi connectivity index (χ1v) is 6.22. The van der Waals surface area contributed by atoms with Crippen molar-refractivity contribution in [3.05, 3.63) is 23.4 Å². The summed E-state index contributed by atoms with van der Waals surface area (Å²) in [6.45, 7) is 3.27. The molecule has 0 bridgehead atoms. The third kappa shape index (κ3) is 4.84. The molecule has 106 valence electrons. The zero-order valence-electron chi connectivity index (χ0n) is 11.3. The molecule has 1 heterocycles. The minimum Gasteiger partial charge on any atom is -0.478 e. The number of ether oxygens (including phenoxy) is 1. The number of aliphatic hydroxyl groups excluding tert-OH is 1. The Kier molecular flexibility index (Phi) is 6.24. The number of likely N-dealkylation sites (N-methyl/N-ethyl adjacent to an activating group) is 1. The van der Waals surface area contributed by atoms with Gasteiger partial charge < -0.3 is 19.8 Å². The highest BCUT2D eigenvalue weighted by molar-refractivity contribution is 5.88. The van der Waals surface area contributed by atoms with Crippen molar-refractivity contribution in [1.29, 1.82) is 0 Å². The first-order valence-electron chi connectivity index (χ1n) is 6.22. The minimum atomic E-state index is -0.955. The van der Waals surface area contributed by atoms with Crippen LogP contribution in [0.1, 0.15) is 23.0 Å². The van der Waals surface area contributed by atoms with Gasteiger partial charge in [0.05, 0.1) is 25.4 Å². The molecule has 0 saturated carbocycles. The van der Waals surface area contributed by atoms with E-state index in [2.05, 4.69) is 4.98 Å². The molecule has 6 heteroatoms. The lowest BCUT2D eigenvalue weighted by Gasteiger charge is -2.19. The number of aromatic carboxylic acids is 1. The second kappa shape index (κ2) is 7.70. The van der Waals surface area contributed by atoms with Gasteiger partial charge in [-0.25, -0.2) is 9.78 Å². The zero-order valence-corrected chi connectivity index (χ0v) is 11.3. The second-order valence-electron chi connectivity index (χ2n) is 4.12. The molecule has 1 rings (SSSR count). The molecule has 6 nitrogen and oxygen atoms in total. The maximum atomic E-state index is 11.0. The van der Waals surface area contributed by atoms with Gasteiger partial charge in [0, 0.05) is 19.3 Å². The minimum absolute atomic E-state index is 0.00353. The van der Waals surface area contributed by atoms with E-state index in [1.54, 1.807) is 12.1 Å². The summed E-state index contributed by atoms with van der Waals surface area (Å²) in [4.78, 5) is 17.3. The van der Waals surface area contributed by atoms with Gasteiger partial charge in [0.1, 0.15) is 5.82 Å². The number of rotatable bonds is 8. The fraction of sp³-hybridized carbons (Fsp3) is 0.538. The van der Waals surface area contributed by atoms with Crippen LogP contribution >= 0.6 is 0 Å². The van der Waals surface area contributed by atoms with Crippen LogP contribution in [-0.2, 0) is 11.2 Å². The first-order chi connectivity index (χ1) is 9.08. The van der Waals surface area contributed by atoms with E-state index in [1.165, 1.54) is 0 Å². The first kappa shape index (κ1) is 15.4. The number of hydrogen-bond acceptors (Lipinski definition) is 5. The molecule has 0 atom stereocenters. The summed E-state index contributed by atoms with van der Waals surface area (Å²) < 4.78 is 5.17. The van der Waals surface area contributed by atoms with Crippen molar-refractivity contribution in [2.45, 2.75) is 13.3 Å². The summed E-state index contributed by atoms with van der Waals surface area (Å²) in [5, 5.41) is 17.7. The highest BCUT2D eigenvalue weighted by Gasteiger charge is 2.10. The topological polar surface area (TPSA) is 82.9 Å². The highest BCUT2D eigenvalue weighted by Crippen LogP contribution is 2.14. The lowest BCUT2D eigenvalue weighted by atomic mass is 10.2. The molecule has 0 fully saturated rings. The maximum absolute atomic E-state index is 11.0. The Hall–Kier alpha value is -1.66. The van der Waals surface area contributed by atoms with E-state index in [9.17, 15) is 4.79 Å². The fourth-order valence-electron chi connectivity index (χ4n) is 1.55. The van der Waals surface area contributed by atoms with Crippen molar-refractivity contribution in [3.8, 4) is 0 Å². The number of carboxylic acid groups (broad SMARTS) is 1. The number of pyridine rings is 1. The Labute approximate surface area is 112 Å². The van der Waals surface area contributed by atoms with Crippen LogP contribution in [0.2, 0.25) is 0 Å². The van der Waals surface area contributed by atoms with E-state index in [0.717, 1.165) is 5.69 Å². The van der Waals surface area contributed by atoms with Gasteiger partial charge >= 0.3 is 5.97 Å². The number of carbonyl (C=O) groups is 1. The number of carboxylic acids is 1. The van der Waals surface area contributed by atoms with Crippen LogP contribution in [0.15, 0.2) is 12.1 Å². The number of aliphatic hydroxyl groups is 1. The van der Waals surface area contributed by atoms with Gasteiger partial charge in [-0.1, -0.05) is 6.92 Å². The molecule has 0 aromatic carbocycles. The zero-order chi connectivity index (χ0) is 14.3. The van der Waals surface area contributed by atoms with Crippen LogP contribution in [0, 0.1) is 0 Å². The SMILES string of the molecule is CCc1cc(C(=O)O)cc(N(C)CCOCCO)n1. The molecule has 19 heavy (non-hydrogen) atoms. The maximum Gasteiger partial charge on any atom is 0.335 e. The van der Waals surface area contributed by atoms with E-state index < -0.39 is 5.97 Å². The van der Waals surface area contributed by atoms with Crippen LogP contribution in [0.3, 0.4) is 0 Å². The van der Waals surface area contributed by atoms with Gasteiger partial charge in [-0.2, -0.15) is 0 Å². The lowest BCUT2D eigenvalue weighted by Crippen LogP contribution is -2.24. The van der Waals surface area contributed by atoms with Gasteiger partial charge in [0.15, 0.2) is 0 Å². The molecular weight excluding hydrogens is 248 g/mol. The van der Waals surface area contributed by atoms with E-state index in [4.69, 9.17) is 14.9 Å². The van der Waals surface area contributed by atoms with Crippen molar-refractivity contribution in [1.82, 2.24) is 4.98 Å². The normalized spacial score (nSPS) is 10.5. The Bertz CT molecular complexity index is 423. The summed E-state index contributed by atoms with van der Waals surface area (Å²) in [6, 6.07) is 3.13. The molecule has 1 aromatic rings. The molecule has 0 radical (unpaired) electrons. The van der Waals surface area contributed by atoms with Gasteiger partial charge in [-0.15, -0.1) is 0 Å². The van der Waals surface area contributed by atoms with Crippen LogP contribution in [0.4, 0.5) is 5.82 Å². The Morgan fingerprint density at radius 3 is 2.74 bits per heavy atom. The van der Waals surface area contributed by atoms with Crippen LogP contribution < -0.4 is 4.90 Å².